The van der Waals surface area contributed by atoms with Crippen LogP contribution in [0.3, 0.4) is 0 Å². The Labute approximate surface area is 243 Å². The molecule has 0 bridgehead atoms. The summed E-state index contributed by atoms with van der Waals surface area (Å²) in [5.74, 6) is -5.72. The number of hydrogen-bond acceptors (Lipinski definition) is 11. The molecule has 12 nitrogen and oxygen atoms in total. The lowest BCUT2D eigenvalue weighted by Gasteiger charge is -2.29. The maximum atomic E-state index is 13.4. The van der Waals surface area contributed by atoms with Crippen molar-refractivity contribution in [3.63, 3.8) is 0 Å². The molecule has 1 aromatic carbocycles. The molecule has 1 aromatic heterocycles. The first-order chi connectivity index (χ1) is 20.0. The number of esters is 4. The number of hydrogen-bond donors (Lipinski definition) is 1. The smallest absolute Gasteiger partial charge is 0.336 e. The number of cyclic esters (lactones) is 2. The second-order valence-electron chi connectivity index (χ2n) is 9.76. The Morgan fingerprint density at radius 2 is 1.83 bits per heavy atom. The summed E-state index contributed by atoms with van der Waals surface area (Å²) in [7, 11) is 1.31. The fourth-order valence-electron chi connectivity index (χ4n) is 4.10. The van der Waals surface area contributed by atoms with Crippen LogP contribution >= 0.6 is 0 Å². The summed E-state index contributed by atoms with van der Waals surface area (Å²) in [6.07, 6.45) is 1.74. The van der Waals surface area contributed by atoms with Gasteiger partial charge in [0.2, 0.25) is 5.75 Å². The number of aromatic nitrogens is 1. The van der Waals surface area contributed by atoms with Crippen LogP contribution < -0.4 is 14.8 Å². The molecule has 42 heavy (non-hydrogen) atoms. The van der Waals surface area contributed by atoms with Gasteiger partial charge in [0.05, 0.1) is 13.0 Å². The van der Waals surface area contributed by atoms with Crippen LogP contribution in [0.5, 0.6) is 11.5 Å². The van der Waals surface area contributed by atoms with Gasteiger partial charge in [0, 0.05) is 18.3 Å². The third-order valence-corrected chi connectivity index (χ3v) is 6.28. The average molecular weight is 583 g/mol. The van der Waals surface area contributed by atoms with Crippen LogP contribution in [0.25, 0.3) is 0 Å². The van der Waals surface area contributed by atoms with Crippen LogP contribution in [-0.4, -0.2) is 66.7 Å². The van der Waals surface area contributed by atoms with Crippen LogP contribution in [0.1, 0.15) is 43.7 Å². The number of nitrogens with one attached hydrogen (secondary N) is 1. The highest BCUT2D eigenvalue weighted by Gasteiger charge is 2.42. The van der Waals surface area contributed by atoms with E-state index in [0.29, 0.717) is 0 Å². The normalized spacial score (nSPS) is 20.9. The van der Waals surface area contributed by atoms with E-state index in [0.717, 1.165) is 11.6 Å². The van der Waals surface area contributed by atoms with Crippen molar-refractivity contribution in [2.24, 2.45) is 11.8 Å². The summed E-state index contributed by atoms with van der Waals surface area (Å²) < 4.78 is 27.2. The van der Waals surface area contributed by atoms with Gasteiger partial charge in [-0.15, -0.1) is 0 Å². The number of methoxy groups -OCH3 is 1. The third kappa shape index (κ3) is 8.15. The predicted octanol–water partition coefficient (Wildman–Crippen LogP) is 2.59. The van der Waals surface area contributed by atoms with E-state index in [1.807, 2.05) is 18.2 Å². The van der Waals surface area contributed by atoms with E-state index >= 15 is 0 Å². The van der Waals surface area contributed by atoms with Crippen LogP contribution in [0, 0.1) is 11.8 Å². The fourth-order valence-corrected chi connectivity index (χ4v) is 4.10. The first kappa shape index (κ1) is 31.8. The number of benzene rings is 1. The summed E-state index contributed by atoms with van der Waals surface area (Å²) in [4.78, 5) is 68.5. The highest BCUT2D eigenvalue weighted by Crippen LogP contribution is 2.30. The monoisotopic (exact) mass is 582 g/mol. The molecule has 1 amide bonds. The van der Waals surface area contributed by atoms with Crippen molar-refractivity contribution in [3.05, 3.63) is 66.0 Å². The molecule has 0 aliphatic carbocycles. The Kier molecular flexibility index (Phi) is 11.2. The van der Waals surface area contributed by atoms with E-state index in [9.17, 15) is 24.0 Å². The highest BCUT2D eigenvalue weighted by atomic mass is 16.6. The van der Waals surface area contributed by atoms with Crippen molar-refractivity contribution in [3.8, 4) is 11.5 Å². The van der Waals surface area contributed by atoms with E-state index in [2.05, 4.69) is 10.3 Å². The predicted molar refractivity (Wildman–Crippen MR) is 147 cm³/mol. The van der Waals surface area contributed by atoms with Crippen LogP contribution in [-0.2, 0) is 39.8 Å². The molecule has 4 atom stereocenters. The Bertz CT molecular complexity index is 1320. The number of amides is 1. The summed E-state index contributed by atoms with van der Waals surface area (Å²) in [5.41, 5.74) is 0.418. The molecular weight excluding hydrogens is 548 g/mol. The van der Waals surface area contributed by atoms with Gasteiger partial charge in [-0.3, -0.25) is 14.4 Å². The lowest BCUT2D eigenvalue weighted by molar-refractivity contribution is -0.176. The zero-order valence-electron chi connectivity index (χ0n) is 24.0. The Morgan fingerprint density at radius 1 is 1.12 bits per heavy atom. The summed E-state index contributed by atoms with van der Waals surface area (Å²) in [5, 5.41) is 2.43. The van der Waals surface area contributed by atoms with E-state index in [4.69, 9.17) is 23.7 Å². The maximum absolute atomic E-state index is 13.4. The fraction of sp³-hybridized carbons (Fsp3) is 0.400. The minimum absolute atomic E-state index is 0.0451. The first-order valence-electron chi connectivity index (χ1n) is 13.4. The molecule has 0 radical (unpaired) electrons. The number of pyridine rings is 1. The second kappa shape index (κ2) is 14.8. The van der Waals surface area contributed by atoms with Crippen LogP contribution in [0.15, 0.2) is 54.7 Å². The minimum atomic E-state index is -1.46. The summed E-state index contributed by atoms with van der Waals surface area (Å²) in [6, 6.07) is 8.97. The van der Waals surface area contributed by atoms with E-state index in [1.165, 1.54) is 32.4 Å². The molecule has 1 aliphatic rings. The van der Waals surface area contributed by atoms with Gasteiger partial charge in [-0.25, -0.2) is 14.6 Å². The highest BCUT2D eigenvalue weighted by molar-refractivity contribution is 5.99. The zero-order valence-corrected chi connectivity index (χ0v) is 24.0. The van der Waals surface area contributed by atoms with Gasteiger partial charge >= 0.3 is 23.9 Å². The van der Waals surface area contributed by atoms with Gasteiger partial charge in [-0.2, -0.15) is 0 Å². The van der Waals surface area contributed by atoms with Gasteiger partial charge in [0.15, 0.2) is 23.6 Å². The van der Waals surface area contributed by atoms with Gasteiger partial charge in [0.1, 0.15) is 18.6 Å². The minimum Gasteiger partial charge on any atom is -0.493 e. The topological polar surface area (TPSA) is 156 Å². The molecule has 1 aliphatic heterocycles. The molecule has 224 valence electrons. The number of carbonyl (C=O) groups excluding carboxylic acids is 5. The van der Waals surface area contributed by atoms with E-state index < -0.39 is 66.5 Å². The van der Waals surface area contributed by atoms with Gasteiger partial charge in [-0.05, 0) is 25.8 Å². The zero-order chi connectivity index (χ0) is 30.8. The SMILES string of the molecule is C/C=C/C(=O)Oc1c(OC)ccnc1C(=O)NC1COC(=O)C(Cc2ccccc2)C(OC(=O)C(C)C)C(C)OC1=O. The quantitative estimate of drug-likeness (QED) is 0.263. The van der Waals surface area contributed by atoms with Crippen molar-refractivity contribution in [1.82, 2.24) is 10.3 Å². The van der Waals surface area contributed by atoms with E-state index in [-0.39, 0.29) is 23.6 Å². The average Bonchev–Trinajstić information content (AvgIpc) is 2.99. The standard InChI is InChI=1S/C30H34N2O10/c1-6-10-23(33)41-26-22(38-5)13-14-31-24(26)27(34)32-21-16-39-29(36)20(15-19-11-8-7-9-12-19)25(18(4)40-30(21)37)42-28(35)17(2)3/h6-14,17-18,20-21,25H,15-16H2,1-5H3,(H,32,34)/b10-6+. The number of carbonyl (C=O) groups is 5. The van der Waals surface area contributed by atoms with Gasteiger partial charge in [-0.1, -0.05) is 50.3 Å². The molecule has 1 fully saturated rings. The molecular formula is C30H34N2O10. The number of ether oxygens (including phenoxy) is 5. The molecule has 1 saturated heterocycles. The van der Waals surface area contributed by atoms with Crippen molar-refractivity contribution in [1.29, 1.82) is 0 Å². The van der Waals surface area contributed by atoms with Crippen molar-refractivity contribution in [2.45, 2.75) is 52.4 Å². The Hall–Kier alpha value is -4.74. The van der Waals surface area contributed by atoms with Gasteiger partial charge in [0.25, 0.3) is 5.91 Å². The second-order valence-corrected chi connectivity index (χ2v) is 9.76. The summed E-state index contributed by atoms with van der Waals surface area (Å²) >= 11 is 0. The largest absolute Gasteiger partial charge is 0.493 e. The lowest BCUT2D eigenvalue weighted by Crippen LogP contribution is -2.47. The first-order valence-corrected chi connectivity index (χ1v) is 13.4. The molecule has 4 unspecified atom stereocenters. The van der Waals surface area contributed by atoms with Crippen molar-refractivity contribution >= 4 is 29.8 Å². The van der Waals surface area contributed by atoms with Gasteiger partial charge < -0.3 is 29.0 Å². The molecule has 3 rings (SSSR count). The number of allylic oxidation sites excluding steroid dienone is 1. The molecule has 12 heteroatoms. The van der Waals surface area contributed by atoms with E-state index in [1.54, 1.807) is 32.9 Å². The van der Waals surface area contributed by atoms with Crippen LogP contribution in [0.2, 0.25) is 0 Å². The van der Waals surface area contributed by atoms with Crippen molar-refractivity contribution in [2.75, 3.05) is 13.7 Å². The number of nitrogens with zero attached hydrogens (tertiary/aromatic N) is 1. The Morgan fingerprint density at radius 3 is 2.48 bits per heavy atom. The maximum Gasteiger partial charge on any atom is 0.336 e. The lowest BCUT2D eigenvalue weighted by atomic mass is 9.91. The third-order valence-electron chi connectivity index (χ3n) is 6.28. The van der Waals surface area contributed by atoms with Crippen molar-refractivity contribution < 1.29 is 47.7 Å². The Balaban J connectivity index is 1.90. The molecule has 2 heterocycles. The molecule has 0 saturated carbocycles. The summed E-state index contributed by atoms with van der Waals surface area (Å²) in [6.45, 7) is 5.80. The molecule has 1 N–H and O–H groups in total. The molecule has 0 spiro atoms. The molecule has 2 aromatic rings. The van der Waals surface area contributed by atoms with Crippen LogP contribution in [0.4, 0.5) is 0 Å². The number of rotatable bonds is 9.